The number of aryl methyl sites for hydroxylation is 1. The molecule has 1 aromatic carbocycles. The number of nitrogens with zero attached hydrogens (tertiary/aromatic N) is 2. The van der Waals surface area contributed by atoms with Gasteiger partial charge < -0.3 is 16.0 Å². The van der Waals surface area contributed by atoms with Gasteiger partial charge in [-0.3, -0.25) is 9.59 Å². The Morgan fingerprint density at radius 1 is 1.18 bits per heavy atom. The van der Waals surface area contributed by atoms with Gasteiger partial charge in [-0.15, -0.1) is 0 Å². The van der Waals surface area contributed by atoms with Gasteiger partial charge >= 0.3 is 11.8 Å². The molecule has 0 saturated carbocycles. The third-order valence-corrected chi connectivity index (χ3v) is 5.36. The van der Waals surface area contributed by atoms with Crippen molar-refractivity contribution in [3.8, 4) is 0 Å². The Hall–Kier alpha value is -2.31. The van der Waals surface area contributed by atoms with E-state index < -0.39 is 11.8 Å². The number of rotatable bonds is 2. The molecular weight excluding hydrogens is 399 g/mol. The molecule has 0 unspecified atom stereocenters. The van der Waals surface area contributed by atoms with E-state index in [-0.39, 0.29) is 6.04 Å². The molecule has 3 N–H and O–H groups in total. The maximum Gasteiger partial charge on any atom is 0.313 e. The van der Waals surface area contributed by atoms with Crippen LogP contribution in [0, 0.1) is 12.8 Å². The number of pyridine rings is 1. The second-order valence-corrected chi connectivity index (χ2v) is 8.11. The predicted octanol–water partition coefficient (Wildman–Crippen LogP) is 4.22. The fourth-order valence-electron chi connectivity index (χ4n) is 3.46. The van der Waals surface area contributed by atoms with Gasteiger partial charge in [0.2, 0.25) is 0 Å². The second-order valence-electron chi connectivity index (χ2n) is 7.24. The van der Waals surface area contributed by atoms with Crippen molar-refractivity contribution in [3.05, 3.63) is 51.6 Å². The summed E-state index contributed by atoms with van der Waals surface area (Å²) < 4.78 is 0. The Labute approximate surface area is 174 Å². The van der Waals surface area contributed by atoms with E-state index >= 15 is 0 Å². The highest BCUT2D eigenvalue weighted by Gasteiger charge is 2.34. The lowest BCUT2D eigenvalue weighted by molar-refractivity contribution is -0.146. The van der Waals surface area contributed by atoms with Gasteiger partial charge in [-0.1, -0.05) is 30.1 Å². The van der Waals surface area contributed by atoms with Crippen molar-refractivity contribution in [2.75, 3.05) is 17.6 Å². The zero-order valence-corrected chi connectivity index (χ0v) is 17.2. The number of nitrogens with two attached hydrogens (primary N) is 1. The maximum atomic E-state index is 13.0. The number of hydrogen-bond acceptors (Lipinski definition) is 4. The molecule has 0 bridgehead atoms. The van der Waals surface area contributed by atoms with Crippen molar-refractivity contribution in [2.24, 2.45) is 5.92 Å². The van der Waals surface area contributed by atoms with Crippen LogP contribution in [0.1, 0.15) is 36.9 Å². The summed E-state index contributed by atoms with van der Waals surface area (Å²) in [6, 6.07) is 6.66. The number of hydrogen-bond donors (Lipinski definition) is 2. The van der Waals surface area contributed by atoms with E-state index in [1.165, 1.54) is 6.20 Å². The lowest BCUT2D eigenvalue weighted by atomic mass is 9.90. The topological polar surface area (TPSA) is 88.3 Å². The van der Waals surface area contributed by atoms with E-state index in [9.17, 15) is 9.59 Å². The first-order valence-electron chi connectivity index (χ1n) is 9.04. The van der Waals surface area contributed by atoms with Crippen LogP contribution in [0.2, 0.25) is 10.0 Å². The lowest BCUT2D eigenvalue weighted by Gasteiger charge is -2.38. The summed E-state index contributed by atoms with van der Waals surface area (Å²) in [6.07, 6.45) is 3.11. The van der Waals surface area contributed by atoms with Gasteiger partial charge in [0.1, 0.15) is 5.82 Å². The summed E-state index contributed by atoms with van der Waals surface area (Å²) in [4.78, 5) is 31.2. The molecule has 1 aromatic heterocycles. The summed E-state index contributed by atoms with van der Waals surface area (Å²) in [5.41, 5.74) is 7.68. The molecule has 2 amide bonds. The summed E-state index contributed by atoms with van der Waals surface area (Å²) in [6.45, 7) is 4.33. The van der Waals surface area contributed by atoms with E-state index in [1.807, 2.05) is 0 Å². The summed E-state index contributed by atoms with van der Waals surface area (Å²) >= 11 is 12.3. The van der Waals surface area contributed by atoms with E-state index in [2.05, 4.69) is 17.2 Å². The maximum absolute atomic E-state index is 13.0. The average molecular weight is 421 g/mol. The van der Waals surface area contributed by atoms with Crippen molar-refractivity contribution in [1.29, 1.82) is 0 Å². The zero-order valence-electron chi connectivity index (χ0n) is 15.7. The average Bonchev–Trinajstić information content (AvgIpc) is 2.63. The SMILES string of the molecule is Cc1cc(NC(=O)C(=O)N2C[C@@H](C)CC[C@@H]2c2cc(Cl)cc(Cl)c2)cnc1N. The Morgan fingerprint density at radius 2 is 1.86 bits per heavy atom. The van der Waals surface area contributed by atoms with Gasteiger partial charge in [0.05, 0.1) is 17.9 Å². The number of aromatic nitrogens is 1. The van der Waals surface area contributed by atoms with Crippen LogP contribution in [0.4, 0.5) is 11.5 Å². The molecule has 2 atom stereocenters. The molecule has 6 nitrogen and oxygen atoms in total. The van der Waals surface area contributed by atoms with E-state index in [1.54, 1.807) is 36.1 Å². The molecule has 28 heavy (non-hydrogen) atoms. The Bertz CT molecular complexity index is 899. The molecule has 8 heteroatoms. The number of piperidine rings is 1. The number of carbonyl (C=O) groups excluding carboxylic acids is 2. The first-order valence-corrected chi connectivity index (χ1v) is 9.80. The quantitative estimate of drug-likeness (QED) is 0.711. The molecule has 0 spiro atoms. The third kappa shape index (κ3) is 4.56. The van der Waals surface area contributed by atoms with Crippen LogP contribution in [-0.2, 0) is 9.59 Å². The number of halogens is 2. The number of nitrogen functional groups attached to an aromatic ring is 1. The molecule has 1 aliphatic rings. The molecule has 2 aromatic rings. The van der Waals surface area contributed by atoms with Gasteiger partial charge in [0.15, 0.2) is 0 Å². The van der Waals surface area contributed by atoms with E-state index in [0.29, 0.717) is 34.0 Å². The Kier molecular flexibility index (Phi) is 6.10. The van der Waals surface area contributed by atoms with Gasteiger partial charge in [0.25, 0.3) is 0 Å². The van der Waals surface area contributed by atoms with Gasteiger partial charge in [-0.25, -0.2) is 4.98 Å². The van der Waals surface area contributed by atoms with Crippen LogP contribution in [0.3, 0.4) is 0 Å². The van der Waals surface area contributed by atoms with Gasteiger partial charge in [-0.05, 0) is 61.1 Å². The first kappa shape index (κ1) is 20.4. The Balaban J connectivity index is 1.83. The molecule has 0 radical (unpaired) electrons. The third-order valence-electron chi connectivity index (χ3n) is 4.92. The number of benzene rings is 1. The second kappa shape index (κ2) is 8.37. The van der Waals surface area contributed by atoms with Crippen molar-refractivity contribution >= 4 is 46.5 Å². The molecule has 1 saturated heterocycles. The lowest BCUT2D eigenvalue weighted by Crippen LogP contribution is -2.46. The zero-order chi connectivity index (χ0) is 20.4. The Morgan fingerprint density at radius 3 is 2.50 bits per heavy atom. The van der Waals surface area contributed by atoms with Crippen LogP contribution >= 0.6 is 23.2 Å². The molecule has 0 aliphatic carbocycles. The number of nitrogens with one attached hydrogen (secondary N) is 1. The number of amides is 2. The standard InChI is InChI=1S/C20H22Cl2N4O2/c1-11-3-4-17(13-6-14(21)8-15(22)7-13)26(10-11)20(28)19(27)25-16-5-12(2)18(23)24-9-16/h5-9,11,17H,3-4,10H2,1-2H3,(H2,23,24)(H,25,27)/t11-,17+/m0/s1. The molecule has 3 rings (SSSR count). The highest BCUT2D eigenvalue weighted by molar-refractivity contribution is 6.39. The van der Waals surface area contributed by atoms with Crippen molar-refractivity contribution in [2.45, 2.75) is 32.7 Å². The van der Waals surface area contributed by atoms with Crippen LogP contribution in [0.25, 0.3) is 0 Å². The van der Waals surface area contributed by atoms with E-state index in [4.69, 9.17) is 28.9 Å². The fraction of sp³-hybridized carbons (Fsp3) is 0.350. The minimum atomic E-state index is -0.710. The summed E-state index contributed by atoms with van der Waals surface area (Å²) in [7, 11) is 0. The molecule has 1 fully saturated rings. The predicted molar refractivity (Wildman–Crippen MR) is 111 cm³/mol. The molecule has 148 valence electrons. The minimum Gasteiger partial charge on any atom is -0.383 e. The first-order chi connectivity index (χ1) is 13.2. The highest BCUT2D eigenvalue weighted by atomic mass is 35.5. The number of carbonyl (C=O) groups is 2. The minimum absolute atomic E-state index is 0.253. The largest absolute Gasteiger partial charge is 0.383 e. The van der Waals surface area contributed by atoms with Crippen molar-refractivity contribution in [3.63, 3.8) is 0 Å². The fourth-order valence-corrected chi connectivity index (χ4v) is 4.00. The normalized spacial score (nSPS) is 19.4. The van der Waals surface area contributed by atoms with Gasteiger partial charge in [0, 0.05) is 16.6 Å². The van der Waals surface area contributed by atoms with E-state index in [0.717, 1.165) is 24.0 Å². The van der Waals surface area contributed by atoms with Crippen LogP contribution < -0.4 is 11.1 Å². The number of likely N-dealkylation sites (tertiary alicyclic amines) is 1. The van der Waals surface area contributed by atoms with Crippen molar-refractivity contribution < 1.29 is 9.59 Å². The summed E-state index contributed by atoms with van der Waals surface area (Å²) in [5.74, 6) is -0.629. The monoisotopic (exact) mass is 420 g/mol. The van der Waals surface area contributed by atoms with Crippen LogP contribution in [0.5, 0.6) is 0 Å². The highest BCUT2D eigenvalue weighted by Crippen LogP contribution is 2.35. The summed E-state index contributed by atoms with van der Waals surface area (Å²) in [5, 5.41) is 3.62. The molecular formula is C20H22Cl2N4O2. The van der Waals surface area contributed by atoms with Crippen LogP contribution in [-0.4, -0.2) is 28.2 Å². The van der Waals surface area contributed by atoms with Crippen molar-refractivity contribution in [1.82, 2.24) is 9.88 Å². The smallest absolute Gasteiger partial charge is 0.313 e. The molecule has 2 heterocycles. The van der Waals surface area contributed by atoms with Crippen LogP contribution in [0.15, 0.2) is 30.5 Å². The molecule has 1 aliphatic heterocycles. The van der Waals surface area contributed by atoms with Gasteiger partial charge in [-0.2, -0.15) is 0 Å². The number of anilines is 2.